The fourth-order valence-electron chi connectivity index (χ4n) is 3.69. The van der Waals surface area contributed by atoms with Crippen molar-refractivity contribution in [3.05, 3.63) is 35.9 Å². The van der Waals surface area contributed by atoms with E-state index in [9.17, 15) is 4.79 Å². The molecule has 0 radical (unpaired) electrons. The predicted molar refractivity (Wildman–Crippen MR) is 108 cm³/mol. The first kappa shape index (κ1) is 19.0. The van der Waals surface area contributed by atoms with Gasteiger partial charge in [-0.2, -0.15) is 0 Å². The van der Waals surface area contributed by atoms with Crippen LogP contribution in [-0.2, 0) is 16.1 Å². The van der Waals surface area contributed by atoms with E-state index in [0.29, 0.717) is 19.8 Å². The van der Waals surface area contributed by atoms with Crippen LogP contribution in [0.5, 0.6) is 0 Å². The van der Waals surface area contributed by atoms with Crippen LogP contribution in [0.15, 0.2) is 34.9 Å². The number of carbonyl (C=O) groups excluding carboxylic acids is 1. The number of carbonyl (C=O) groups is 1. The molecule has 2 aliphatic rings. The van der Waals surface area contributed by atoms with Gasteiger partial charge in [-0.05, 0) is 26.2 Å². The van der Waals surface area contributed by atoms with Crippen LogP contribution >= 0.6 is 0 Å². The zero-order valence-corrected chi connectivity index (χ0v) is 16.8. The summed E-state index contributed by atoms with van der Waals surface area (Å²) in [6.45, 7) is 7.70. The molecule has 1 aromatic heterocycles. The van der Waals surface area contributed by atoms with Crippen molar-refractivity contribution in [3.63, 3.8) is 0 Å². The van der Waals surface area contributed by atoms with E-state index in [1.165, 1.54) is 0 Å². The SMILES string of the molecule is CC[C@@H](C)N(Cc1c(-c2ccccc2)noc1N1CCOCC1)C(=O)C1CC1. The Balaban J connectivity index is 1.71. The molecule has 1 aromatic carbocycles. The lowest BCUT2D eigenvalue weighted by Gasteiger charge is -2.31. The summed E-state index contributed by atoms with van der Waals surface area (Å²) in [7, 11) is 0. The summed E-state index contributed by atoms with van der Waals surface area (Å²) in [5, 5.41) is 4.42. The molecule has 150 valence electrons. The Kier molecular flexibility index (Phi) is 5.67. The lowest BCUT2D eigenvalue weighted by atomic mass is 10.0. The summed E-state index contributed by atoms with van der Waals surface area (Å²) >= 11 is 0. The monoisotopic (exact) mass is 383 g/mol. The number of aromatic nitrogens is 1. The number of hydrogen-bond acceptors (Lipinski definition) is 5. The Morgan fingerprint density at radius 3 is 2.61 bits per heavy atom. The molecule has 1 aliphatic heterocycles. The van der Waals surface area contributed by atoms with Gasteiger partial charge in [0.1, 0.15) is 5.69 Å². The van der Waals surface area contributed by atoms with Gasteiger partial charge in [0, 0.05) is 30.6 Å². The zero-order chi connectivity index (χ0) is 19.5. The molecule has 0 unspecified atom stereocenters. The second-order valence-corrected chi connectivity index (χ2v) is 7.78. The van der Waals surface area contributed by atoms with E-state index in [1.807, 2.05) is 35.2 Å². The Bertz CT molecular complexity index is 795. The molecule has 4 rings (SSSR count). The summed E-state index contributed by atoms with van der Waals surface area (Å²) in [4.78, 5) is 17.2. The first-order valence-electron chi connectivity index (χ1n) is 10.4. The number of anilines is 1. The highest BCUT2D eigenvalue weighted by Gasteiger charge is 2.36. The maximum absolute atomic E-state index is 13.0. The number of hydrogen-bond donors (Lipinski definition) is 0. The number of ether oxygens (including phenoxy) is 1. The van der Waals surface area contributed by atoms with E-state index in [4.69, 9.17) is 9.26 Å². The van der Waals surface area contributed by atoms with Gasteiger partial charge >= 0.3 is 0 Å². The average Bonchev–Trinajstić information content (AvgIpc) is 3.52. The third-order valence-corrected chi connectivity index (χ3v) is 5.77. The van der Waals surface area contributed by atoms with Crippen molar-refractivity contribution in [2.75, 3.05) is 31.2 Å². The van der Waals surface area contributed by atoms with E-state index >= 15 is 0 Å². The van der Waals surface area contributed by atoms with Gasteiger partial charge in [-0.25, -0.2) is 0 Å². The molecule has 0 spiro atoms. The molecule has 1 saturated carbocycles. The molecular formula is C22H29N3O3. The van der Waals surface area contributed by atoms with Crippen LogP contribution in [0, 0.1) is 5.92 Å². The van der Waals surface area contributed by atoms with E-state index in [1.54, 1.807) is 0 Å². The van der Waals surface area contributed by atoms with Gasteiger partial charge in [-0.1, -0.05) is 42.4 Å². The lowest BCUT2D eigenvalue weighted by Crippen LogP contribution is -2.40. The highest BCUT2D eigenvalue weighted by atomic mass is 16.5. The molecule has 0 bridgehead atoms. The zero-order valence-electron chi connectivity index (χ0n) is 16.8. The molecule has 2 fully saturated rings. The van der Waals surface area contributed by atoms with E-state index < -0.39 is 0 Å². The quantitative estimate of drug-likeness (QED) is 0.729. The van der Waals surface area contributed by atoms with Crippen LogP contribution in [0.1, 0.15) is 38.7 Å². The van der Waals surface area contributed by atoms with Crippen LogP contribution in [0.2, 0.25) is 0 Å². The second-order valence-electron chi connectivity index (χ2n) is 7.78. The summed E-state index contributed by atoms with van der Waals surface area (Å²) in [5.74, 6) is 1.24. The number of rotatable bonds is 7. The van der Waals surface area contributed by atoms with Crippen LogP contribution in [0.4, 0.5) is 5.88 Å². The van der Waals surface area contributed by atoms with Gasteiger partial charge in [-0.15, -0.1) is 0 Å². The van der Waals surface area contributed by atoms with Crippen molar-refractivity contribution in [3.8, 4) is 11.3 Å². The topological polar surface area (TPSA) is 58.8 Å². The van der Waals surface area contributed by atoms with Gasteiger partial charge in [-0.3, -0.25) is 4.79 Å². The van der Waals surface area contributed by atoms with Crippen molar-refractivity contribution < 1.29 is 14.1 Å². The van der Waals surface area contributed by atoms with Gasteiger partial charge in [0.25, 0.3) is 0 Å². The molecule has 28 heavy (non-hydrogen) atoms. The largest absolute Gasteiger partial charge is 0.378 e. The number of benzene rings is 1. The maximum atomic E-state index is 13.0. The van der Waals surface area contributed by atoms with Crippen molar-refractivity contribution in [1.29, 1.82) is 0 Å². The third-order valence-electron chi connectivity index (χ3n) is 5.77. The molecule has 1 saturated heterocycles. The minimum Gasteiger partial charge on any atom is -0.378 e. The highest BCUT2D eigenvalue weighted by Crippen LogP contribution is 2.36. The fourth-order valence-corrected chi connectivity index (χ4v) is 3.69. The minimum absolute atomic E-state index is 0.184. The van der Waals surface area contributed by atoms with Crippen molar-refractivity contribution in [2.24, 2.45) is 5.92 Å². The predicted octanol–water partition coefficient (Wildman–Crippen LogP) is 3.72. The molecule has 6 nitrogen and oxygen atoms in total. The molecule has 2 heterocycles. The Labute approximate surface area is 166 Å². The van der Waals surface area contributed by atoms with Crippen LogP contribution in [-0.4, -0.2) is 48.3 Å². The first-order valence-corrected chi connectivity index (χ1v) is 10.4. The van der Waals surface area contributed by atoms with E-state index in [2.05, 4.69) is 23.9 Å². The van der Waals surface area contributed by atoms with E-state index in [0.717, 1.165) is 55.1 Å². The van der Waals surface area contributed by atoms with Crippen molar-refractivity contribution >= 4 is 11.8 Å². The molecular weight excluding hydrogens is 354 g/mol. The normalized spacial score (nSPS) is 18.1. The minimum atomic E-state index is 0.184. The molecule has 1 amide bonds. The second kappa shape index (κ2) is 8.35. The van der Waals surface area contributed by atoms with Crippen molar-refractivity contribution in [2.45, 2.75) is 45.7 Å². The summed E-state index contributed by atoms with van der Waals surface area (Å²) < 4.78 is 11.3. The number of morpholine rings is 1. The molecule has 2 aromatic rings. The van der Waals surface area contributed by atoms with Gasteiger partial charge in [0.2, 0.25) is 11.8 Å². The smallest absolute Gasteiger partial charge is 0.233 e. The van der Waals surface area contributed by atoms with Gasteiger partial charge in [0.15, 0.2) is 0 Å². The van der Waals surface area contributed by atoms with E-state index in [-0.39, 0.29) is 17.9 Å². The highest BCUT2D eigenvalue weighted by molar-refractivity contribution is 5.82. The summed E-state index contributed by atoms with van der Waals surface area (Å²) in [6.07, 6.45) is 2.95. The Morgan fingerprint density at radius 1 is 1.25 bits per heavy atom. The lowest BCUT2D eigenvalue weighted by molar-refractivity contribution is -0.135. The molecule has 0 N–H and O–H groups in total. The molecule has 1 atom stereocenters. The summed E-state index contributed by atoms with van der Waals surface area (Å²) in [6, 6.07) is 10.3. The average molecular weight is 383 g/mol. The fraction of sp³-hybridized carbons (Fsp3) is 0.545. The van der Waals surface area contributed by atoms with Crippen LogP contribution in [0.25, 0.3) is 11.3 Å². The van der Waals surface area contributed by atoms with Gasteiger partial charge in [0.05, 0.1) is 25.3 Å². The Hall–Kier alpha value is -2.34. The first-order chi connectivity index (χ1) is 13.7. The maximum Gasteiger partial charge on any atom is 0.233 e. The number of amides is 1. The standard InChI is InChI=1S/C22H29N3O3/c1-3-16(2)25(21(26)18-9-10-18)15-19-20(17-7-5-4-6-8-17)23-28-22(19)24-11-13-27-14-12-24/h4-8,16,18H,3,9-15H2,1-2H3/t16-/m1/s1. The van der Waals surface area contributed by atoms with Crippen LogP contribution < -0.4 is 4.90 Å². The summed E-state index contributed by atoms with van der Waals surface area (Å²) in [5.41, 5.74) is 2.85. The van der Waals surface area contributed by atoms with Crippen molar-refractivity contribution in [1.82, 2.24) is 10.1 Å². The Morgan fingerprint density at radius 2 is 1.96 bits per heavy atom. The van der Waals surface area contributed by atoms with Crippen LogP contribution in [0.3, 0.4) is 0 Å². The number of nitrogens with zero attached hydrogens (tertiary/aromatic N) is 3. The molecule has 6 heteroatoms. The molecule has 1 aliphatic carbocycles. The van der Waals surface area contributed by atoms with Gasteiger partial charge < -0.3 is 19.1 Å². The third kappa shape index (κ3) is 3.92.